The van der Waals surface area contributed by atoms with Crippen molar-refractivity contribution in [2.24, 2.45) is 5.41 Å². The molecular weight excluding hydrogens is 312 g/mol. The number of hydrogen-bond acceptors (Lipinski definition) is 6. The van der Waals surface area contributed by atoms with E-state index in [4.69, 9.17) is 0 Å². The molecule has 2 heterocycles. The van der Waals surface area contributed by atoms with Gasteiger partial charge in [0.25, 0.3) is 0 Å². The fourth-order valence-electron chi connectivity index (χ4n) is 2.75. The molecule has 0 radical (unpaired) electrons. The number of imide groups is 2. The van der Waals surface area contributed by atoms with Crippen LogP contribution >= 0.6 is 0 Å². The summed E-state index contributed by atoms with van der Waals surface area (Å²) in [6.07, 6.45) is 0.662. The maximum Gasteiger partial charge on any atom is 0.333 e. The van der Waals surface area contributed by atoms with Gasteiger partial charge in [0.05, 0.1) is 12.1 Å². The first-order chi connectivity index (χ1) is 11.1. The van der Waals surface area contributed by atoms with Crippen LogP contribution in [0.1, 0.15) is 53.3 Å². The summed E-state index contributed by atoms with van der Waals surface area (Å²) in [6.45, 7) is 9.20. The summed E-state index contributed by atoms with van der Waals surface area (Å²) < 4.78 is 0. The molecule has 1 aliphatic rings. The highest BCUT2D eigenvalue weighted by atomic mass is 16.2. The minimum absolute atomic E-state index is 0.104. The van der Waals surface area contributed by atoms with E-state index in [9.17, 15) is 14.4 Å². The highest BCUT2D eigenvalue weighted by molar-refractivity contribution is 6.18. The molecule has 0 aromatic carbocycles. The summed E-state index contributed by atoms with van der Waals surface area (Å²) in [5, 5.41) is 12.1. The molecule has 2 rings (SSSR count). The van der Waals surface area contributed by atoms with Gasteiger partial charge in [-0.1, -0.05) is 13.8 Å². The Morgan fingerprint density at radius 2 is 1.62 bits per heavy atom. The van der Waals surface area contributed by atoms with E-state index >= 15 is 0 Å². The van der Waals surface area contributed by atoms with Crippen molar-refractivity contribution in [2.75, 3.05) is 7.05 Å². The average molecular weight is 336 g/mol. The third-order valence-corrected chi connectivity index (χ3v) is 4.45. The van der Waals surface area contributed by atoms with Gasteiger partial charge >= 0.3 is 6.03 Å². The lowest BCUT2D eigenvalue weighted by Gasteiger charge is -2.41. The van der Waals surface area contributed by atoms with Gasteiger partial charge in [0.1, 0.15) is 5.41 Å². The molecule has 1 aromatic heterocycles. The van der Waals surface area contributed by atoms with Gasteiger partial charge in [0.2, 0.25) is 11.8 Å². The Kier molecular flexibility index (Phi) is 4.47. The lowest BCUT2D eigenvalue weighted by Crippen LogP contribution is -2.63. The molecule has 9 heteroatoms. The zero-order chi connectivity index (χ0) is 18.3. The van der Waals surface area contributed by atoms with Gasteiger partial charge in [-0.15, -0.1) is 10.2 Å². The van der Waals surface area contributed by atoms with Crippen molar-refractivity contribution in [1.29, 1.82) is 0 Å². The molecule has 0 unspecified atom stereocenters. The molecule has 4 amide bonds. The van der Waals surface area contributed by atoms with E-state index in [0.29, 0.717) is 12.8 Å². The lowest BCUT2D eigenvalue weighted by atomic mass is 9.78. The van der Waals surface area contributed by atoms with Crippen molar-refractivity contribution in [3.63, 3.8) is 0 Å². The van der Waals surface area contributed by atoms with Crippen LogP contribution in [0.15, 0.2) is 0 Å². The lowest BCUT2D eigenvalue weighted by molar-refractivity contribution is -0.159. The number of rotatable bonds is 4. The van der Waals surface area contributed by atoms with Gasteiger partial charge in [-0.3, -0.25) is 19.4 Å². The number of carbonyl (C=O) groups excluding carboxylic acids is 3. The second kappa shape index (κ2) is 5.95. The van der Waals surface area contributed by atoms with Crippen molar-refractivity contribution in [3.8, 4) is 0 Å². The maximum absolute atomic E-state index is 12.9. The molecule has 0 bridgehead atoms. The third kappa shape index (κ3) is 2.67. The van der Waals surface area contributed by atoms with E-state index in [-0.39, 0.29) is 17.9 Å². The van der Waals surface area contributed by atoms with Gasteiger partial charge in [-0.05, 0) is 38.8 Å². The van der Waals surface area contributed by atoms with Crippen molar-refractivity contribution in [3.05, 3.63) is 5.82 Å². The first kappa shape index (κ1) is 18.0. The van der Waals surface area contributed by atoms with Crippen LogP contribution in [0.3, 0.4) is 0 Å². The Labute approximate surface area is 141 Å². The van der Waals surface area contributed by atoms with Gasteiger partial charge in [0, 0.05) is 7.05 Å². The van der Waals surface area contributed by atoms with E-state index in [1.807, 2.05) is 20.8 Å². The fourth-order valence-corrected chi connectivity index (χ4v) is 2.75. The number of amides is 4. The van der Waals surface area contributed by atoms with Crippen LogP contribution in [0.25, 0.3) is 0 Å². The largest absolute Gasteiger partial charge is 0.333 e. The molecule has 132 valence electrons. The summed E-state index contributed by atoms with van der Waals surface area (Å²) in [5.41, 5.74) is -1.56. The number of tetrazole rings is 1. The minimum Gasteiger partial charge on any atom is -0.273 e. The number of urea groups is 1. The average Bonchev–Trinajstić information content (AvgIpc) is 3.00. The maximum atomic E-state index is 12.9. The first-order valence-electron chi connectivity index (χ1n) is 8.02. The topological polar surface area (TPSA) is 101 Å². The Morgan fingerprint density at radius 1 is 1.04 bits per heavy atom. The van der Waals surface area contributed by atoms with E-state index in [1.54, 1.807) is 13.8 Å². The molecular formula is C15H24N6O3. The number of nitrogens with zero attached hydrogens (tertiary/aromatic N) is 6. The zero-order valence-electron chi connectivity index (χ0n) is 15.0. The van der Waals surface area contributed by atoms with Gasteiger partial charge in [0.15, 0.2) is 5.82 Å². The molecule has 0 spiro atoms. The highest BCUT2D eigenvalue weighted by Gasteiger charge is 2.54. The molecule has 9 nitrogen and oxygen atoms in total. The van der Waals surface area contributed by atoms with Crippen LogP contribution in [0.2, 0.25) is 0 Å². The zero-order valence-corrected chi connectivity index (χ0v) is 15.0. The summed E-state index contributed by atoms with van der Waals surface area (Å²) >= 11 is 0. The molecule has 0 aliphatic carbocycles. The second-order valence-corrected chi connectivity index (χ2v) is 6.99. The fraction of sp³-hybridized carbons (Fsp3) is 0.733. The quantitative estimate of drug-likeness (QED) is 0.765. The second-order valence-electron chi connectivity index (χ2n) is 6.99. The van der Waals surface area contributed by atoms with Crippen molar-refractivity contribution >= 4 is 17.8 Å². The van der Waals surface area contributed by atoms with Crippen LogP contribution in [0.5, 0.6) is 0 Å². The van der Waals surface area contributed by atoms with Crippen LogP contribution in [-0.2, 0) is 21.7 Å². The Morgan fingerprint density at radius 3 is 2.08 bits per heavy atom. The highest BCUT2D eigenvalue weighted by Crippen LogP contribution is 2.35. The summed E-state index contributed by atoms with van der Waals surface area (Å²) in [6, 6.07) is -0.658. The minimum atomic E-state index is -1.21. The molecule has 1 aliphatic heterocycles. The van der Waals surface area contributed by atoms with Crippen molar-refractivity contribution in [1.82, 2.24) is 30.0 Å². The van der Waals surface area contributed by atoms with E-state index in [0.717, 1.165) is 9.80 Å². The molecule has 0 N–H and O–H groups in total. The van der Waals surface area contributed by atoms with Gasteiger partial charge in [-0.25, -0.2) is 4.79 Å². The molecule has 24 heavy (non-hydrogen) atoms. The van der Waals surface area contributed by atoms with Crippen LogP contribution < -0.4 is 0 Å². The third-order valence-electron chi connectivity index (χ3n) is 4.45. The van der Waals surface area contributed by atoms with Crippen LogP contribution in [-0.4, -0.2) is 54.9 Å². The first-order valence-corrected chi connectivity index (χ1v) is 8.02. The summed E-state index contributed by atoms with van der Waals surface area (Å²) in [4.78, 5) is 41.2. The van der Waals surface area contributed by atoms with Crippen molar-refractivity contribution < 1.29 is 14.4 Å². The Hall–Kier alpha value is -2.32. The molecule has 1 fully saturated rings. The van der Waals surface area contributed by atoms with Gasteiger partial charge < -0.3 is 0 Å². The predicted molar refractivity (Wildman–Crippen MR) is 84.5 cm³/mol. The molecule has 1 aromatic rings. The number of barbiturate groups is 1. The standard InChI is InChI=1S/C15H24N6O3/c1-7-15(8-2)11(22)19(6)13(24)20(12(15)23)9-10-16-18-21(17-10)14(3,4)5/h7-9H2,1-6H3. The van der Waals surface area contributed by atoms with E-state index in [1.165, 1.54) is 11.8 Å². The molecule has 0 atom stereocenters. The van der Waals surface area contributed by atoms with E-state index < -0.39 is 23.3 Å². The van der Waals surface area contributed by atoms with Gasteiger partial charge in [-0.2, -0.15) is 4.80 Å². The summed E-state index contributed by atoms with van der Waals surface area (Å²) in [7, 11) is 1.39. The number of hydrogen-bond donors (Lipinski definition) is 0. The normalized spacial score (nSPS) is 18.5. The Balaban J connectivity index is 2.35. The number of aromatic nitrogens is 4. The SMILES string of the molecule is CCC1(CC)C(=O)N(C)C(=O)N(Cc2nnn(C(C)(C)C)n2)C1=O. The predicted octanol–water partition coefficient (Wildman–Crippen LogP) is 1.16. The molecule has 0 saturated carbocycles. The van der Waals surface area contributed by atoms with Crippen LogP contribution in [0.4, 0.5) is 4.79 Å². The van der Waals surface area contributed by atoms with Crippen LogP contribution in [0, 0.1) is 5.41 Å². The van der Waals surface area contributed by atoms with E-state index in [2.05, 4.69) is 15.4 Å². The summed E-state index contributed by atoms with van der Waals surface area (Å²) in [5.74, 6) is -0.687. The van der Waals surface area contributed by atoms with Crippen molar-refractivity contribution in [2.45, 2.75) is 59.5 Å². The Bertz CT molecular complexity index is 671. The smallest absolute Gasteiger partial charge is 0.273 e. The molecule has 1 saturated heterocycles. The monoisotopic (exact) mass is 336 g/mol. The number of carbonyl (C=O) groups is 3.